The molecule has 58 valence electrons. The van der Waals surface area contributed by atoms with Gasteiger partial charge in [0, 0.05) is 4.90 Å². The molecule has 0 bridgehead atoms. The van der Waals surface area contributed by atoms with E-state index in [9.17, 15) is 0 Å². The number of hydrogen-bond donors (Lipinski definition) is 1. The second-order valence-corrected chi connectivity index (χ2v) is 4.98. The molecule has 0 aliphatic rings. The lowest BCUT2D eigenvalue weighted by Crippen LogP contribution is -1.75. The molecule has 0 saturated carbocycles. The minimum absolute atomic E-state index is 0.661. The minimum atomic E-state index is 0.661. The van der Waals surface area contributed by atoms with Crippen molar-refractivity contribution in [1.29, 1.82) is 0 Å². The van der Waals surface area contributed by atoms with Crippen LogP contribution >= 0.6 is 36.6 Å². The van der Waals surface area contributed by atoms with E-state index in [1.807, 2.05) is 12.1 Å². The molecule has 0 spiro atoms. The predicted octanol–water partition coefficient (Wildman–Crippen LogP) is 3.30. The number of rotatable bonds is 1. The molecule has 0 aliphatic carbocycles. The van der Waals surface area contributed by atoms with E-state index in [1.54, 1.807) is 0 Å². The number of aryl methyl sites for hydroxylation is 1. The zero-order valence-electron chi connectivity index (χ0n) is 6.07. The van der Waals surface area contributed by atoms with E-state index < -0.39 is 0 Å². The van der Waals surface area contributed by atoms with Crippen LogP contribution in [0.3, 0.4) is 0 Å². The van der Waals surface area contributed by atoms with Crippen LogP contribution < -0.4 is 0 Å². The van der Waals surface area contributed by atoms with Crippen molar-refractivity contribution in [3.8, 4) is 0 Å². The topological polar surface area (TPSA) is 0 Å². The molecule has 11 heavy (non-hydrogen) atoms. The molecule has 3 heteroatoms. The van der Waals surface area contributed by atoms with Crippen molar-refractivity contribution in [1.82, 2.24) is 0 Å². The summed E-state index contributed by atoms with van der Waals surface area (Å²) in [5, 5.41) is 0. The van der Waals surface area contributed by atoms with Crippen LogP contribution in [-0.2, 0) is 0 Å². The maximum atomic E-state index is 4.84. The number of thioether (sulfide) groups is 1. The summed E-state index contributed by atoms with van der Waals surface area (Å²) in [6.07, 6.45) is 0. The van der Waals surface area contributed by atoms with Crippen LogP contribution in [0.25, 0.3) is 0 Å². The predicted molar refractivity (Wildman–Crippen MR) is 58.6 cm³/mol. The highest BCUT2D eigenvalue weighted by molar-refractivity contribution is 8.41. The first-order valence-corrected chi connectivity index (χ1v) is 4.83. The lowest BCUT2D eigenvalue weighted by atomic mass is 10.2. The smallest absolute Gasteiger partial charge is 0.105 e. The van der Waals surface area contributed by atoms with E-state index in [0.29, 0.717) is 3.53 Å². The van der Waals surface area contributed by atoms with Gasteiger partial charge in [0.25, 0.3) is 0 Å². The summed E-state index contributed by atoms with van der Waals surface area (Å²) in [5.41, 5.74) is 1.26. The van der Waals surface area contributed by atoms with Crippen LogP contribution in [0.1, 0.15) is 5.56 Å². The summed E-state index contributed by atoms with van der Waals surface area (Å²) in [5.74, 6) is 0. The Labute approximate surface area is 81.8 Å². The van der Waals surface area contributed by atoms with E-state index in [0.717, 1.165) is 4.90 Å². The van der Waals surface area contributed by atoms with Gasteiger partial charge in [-0.25, -0.2) is 0 Å². The lowest BCUT2D eigenvalue weighted by molar-refractivity contribution is 1.38. The molecule has 0 aliphatic heterocycles. The molecule has 0 aromatic heterocycles. The summed E-state index contributed by atoms with van der Waals surface area (Å²) in [4.78, 5) is 1.15. The normalized spacial score (nSPS) is 9.64. The van der Waals surface area contributed by atoms with Crippen LogP contribution in [-0.4, -0.2) is 3.53 Å². The molecule has 0 fully saturated rings. The standard InChI is InChI=1S/C8H8S3/c1-6-2-4-7(5-3-6)11-8(9)10/h2-5H,1H3,(H,9,10). The fraction of sp³-hybridized carbons (Fsp3) is 0.125. The Bertz CT molecular complexity index is 251. The van der Waals surface area contributed by atoms with Gasteiger partial charge in [-0.1, -0.05) is 41.7 Å². The Balaban J connectivity index is 2.74. The van der Waals surface area contributed by atoms with E-state index >= 15 is 0 Å². The molecule has 0 atom stereocenters. The van der Waals surface area contributed by atoms with Crippen LogP contribution in [0.2, 0.25) is 0 Å². The molecule has 0 unspecified atom stereocenters. The fourth-order valence-corrected chi connectivity index (χ4v) is 1.79. The lowest BCUT2D eigenvalue weighted by Gasteiger charge is -1.97. The zero-order valence-corrected chi connectivity index (χ0v) is 8.60. The Morgan fingerprint density at radius 3 is 2.36 bits per heavy atom. The van der Waals surface area contributed by atoms with Crippen molar-refractivity contribution < 1.29 is 0 Å². The molecule has 0 saturated heterocycles. The van der Waals surface area contributed by atoms with Crippen LogP contribution in [0.5, 0.6) is 0 Å². The molecule has 0 radical (unpaired) electrons. The number of thiol groups is 1. The van der Waals surface area contributed by atoms with Gasteiger partial charge in [0.15, 0.2) is 0 Å². The molecular formula is C8H8S3. The van der Waals surface area contributed by atoms with Gasteiger partial charge in [-0.05, 0) is 19.1 Å². The molecule has 1 aromatic rings. The molecule has 0 nitrogen and oxygen atoms in total. The van der Waals surface area contributed by atoms with Crippen molar-refractivity contribution in [3.05, 3.63) is 29.8 Å². The average Bonchev–Trinajstić information content (AvgIpc) is 1.93. The third-order valence-electron chi connectivity index (χ3n) is 1.23. The SMILES string of the molecule is Cc1ccc(SC(=S)S)cc1. The molecule has 0 amide bonds. The summed E-state index contributed by atoms with van der Waals surface area (Å²) < 4.78 is 0.661. The summed E-state index contributed by atoms with van der Waals surface area (Å²) in [6, 6.07) is 8.22. The van der Waals surface area contributed by atoms with Gasteiger partial charge in [0.05, 0.1) is 0 Å². The number of thiocarbonyl (C=S) groups is 1. The van der Waals surface area contributed by atoms with Gasteiger partial charge >= 0.3 is 0 Å². The van der Waals surface area contributed by atoms with Gasteiger partial charge in [0.1, 0.15) is 3.53 Å². The average molecular weight is 200 g/mol. The number of hydrogen-bond acceptors (Lipinski definition) is 2. The largest absolute Gasteiger partial charge is 0.125 e. The van der Waals surface area contributed by atoms with Gasteiger partial charge in [-0.2, -0.15) is 0 Å². The molecule has 0 N–H and O–H groups in total. The Morgan fingerprint density at radius 1 is 1.36 bits per heavy atom. The zero-order chi connectivity index (χ0) is 8.27. The minimum Gasteiger partial charge on any atom is -0.125 e. The highest BCUT2D eigenvalue weighted by atomic mass is 32.2. The highest BCUT2D eigenvalue weighted by Gasteiger charge is 1.93. The van der Waals surface area contributed by atoms with Gasteiger partial charge < -0.3 is 0 Å². The Morgan fingerprint density at radius 2 is 1.91 bits per heavy atom. The summed E-state index contributed by atoms with van der Waals surface area (Å²) in [7, 11) is 0. The molecule has 0 heterocycles. The molecule has 1 aromatic carbocycles. The van der Waals surface area contributed by atoms with Crippen molar-refractivity contribution in [2.24, 2.45) is 0 Å². The first-order chi connectivity index (χ1) is 5.18. The highest BCUT2D eigenvalue weighted by Crippen LogP contribution is 2.21. The van der Waals surface area contributed by atoms with E-state index in [1.165, 1.54) is 17.3 Å². The fourth-order valence-electron chi connectivity index (χ4n) is 0.707. The monoisotopic (exact) mass is 200 g/mol. The van der Waals surface area contributed by atoms with Crippen molar-refractivity contribution in [2.75, 3.05) is 0 Å². The van der Waals surface area contributed by atoms with E-state index in [2.05, 4.69) is 31.7 Å². The van der Waals surface area contributed by atoms with E-state index in [-0.39, 0.29) is 0 Å². The first kappa shape index (κ1) is 9.10. The van der Waals surface area contributed by atoms with Crippen molar-refractivity contribution >= 4 is 40.1 Å². The van der Waals surface area contributed by atoms with Crippen molar-refractivity contribution in [2.45, 2.75) is 11.8 Å². The molecule has 1 rings (SSSR count). The van der Waals surface area contributed by atoms with Gasteiger partial charge in [0.2, 0.25) is 0 Å². The third kappa shape index (κ3) is 3.27. The Kier molecular flexibility index (Phi) is 3.43. The first-order valence-electron chi connectivity index (χ1n) is 3.16. The number of benzene rings is 1. The second-order valence-electron chi connectivity index (χ2n) is 2.18. The molecular weight excluding hydrogens is 192 g/mol. The van der Waals surface area contributed by atoms with Crippen LogP contribution in [0.4, 0.5) is 0 Å². The van der Waals surface area contributed by atoms with Gasteiger partial charge in [-0.15, -0.1) is 12.6 Å². The Hall–Kier alpha value is 0.01000. The van der Waals surface area contributed by atoms with E-state index in [4.69, 9.17) is 12.2 Å². The third-order valence-corrected chi connectivity index (χ3v) is 2.43. The quantitative estimate of drug-likeness (QED) is 0.419. The van der Waals surface area contributed by atoms with Gasteiger partial charge in [-0.3, -0.25) is 0 Å². The maximum absolute atomic E-state index is 4.84. The van der Waals surface area contributed by atoms with Crippen LogP contribution in [0, 0.1) is 6.92 Å². The summed E-state index contributed by atoms with van der Waals surface area (Å²) >= 11 is 10.4. The summed E-state index contributed by atoms with van der Waals surface area (Å²) in [6.45, 7) is 2.06. The maximum Gasteiger partial charge on any atom is 0.105 e. The van der Waals surface area contributed by atoms with Crippen molar-refractivity contribution in [3.63, 3.8) is 0 Å². The van der Waals surface area contributed by atoms with Crippen LogP contribution in [0.15, 0.2) is 29.2 Å². The second kappa shape index (κ2) is 4.14.